The Kier molecular flexibility index (Phi) is 4.69. The van der Waals surface area contributed by atoms with Crippen molar-refractivity contribution < 1.29 is 18.3 Å². The summed E-state index contributed by atoms with van der Waals surface area (Å²) in [5, 5.41) is 8.65. The van der Waals surface area contributed by atoms with Crippen molar-refractivity contribution in [1.29, 1.82) is 0 Å². The van der Waals surface area contributed by atoms with Gasteiger partial charge in [0.05, 0.1) is 4.90 Å². The molecule has 0 fully saturated rings. The summed E-state index contributed by atoms with van der Waals surface area (Å²) in [5.74, 6) is -0.943. The first-order valence-electron chi connectivity index (χ1n) is 5.39. The van der Waals surface area contributed by atoms with E-state index < -0.39 is 16.0 Å². The molecule has 0 bridgehead atoms. The maximum atomic E-state index is 11.7. The molecular weight excluding hydrogens is 256 g/mol. The van der Waals surface area contributed by atoms with Crippen molar-refractivity contribution in [1.82, 2.24) is 4.72 Å². The van der Waals surface area contributed by atoms with Crippen molar-refractivity contribution in [3.63, 3.8) is 0 Å². The van der Waals surface area contributed by atoms with Gasteiger partial charge in [-0.1, -0.05) is 6.92 Å². The maximum absolute atomic E-state index is 11.7. The number of carboxylic acid groups (broad SMARTS) is 1. The summed E-state index contributed by atoms with van der Waals surface area (Å²) in [7, 11) is -1.83. The molecule has 0 aliphatic heterocycles. The molecule has 0 unspecified atom stereocenters. The molecule has 0 atom stereocenters. The molecule has 0 aliphatic rings. The molecule has 0 saturated carbocycles. The number of aliphatic carboxylic acids is 1. The van der Waals surface area contributed by atoms with Gasteiger partial charge in [-0.25, -0.2) is 13.1 Å². The van der Waals surface area contributed by atoms with E-state index in [4.69, 9.17) is 5.11 Å². The second-order valence-electron chi connectivity index (χ2n) is 3.75. The lowest BCUT2D eigenvalue weighted by Gasteiger charge is -2.16. The van der Waals surface area contributed by atoms with Gasteiger partial charge in [-0.05, 0) is 24.3 Å². The van der Waals surface area contributed by atoms with E-state index in [0.29, 0.717) is 12.2 Å². The lowest BCUT2D eigenvalue weighted by Crippen LogP contribution is -2.25. The van der Waals surface area contributed by atoms with Gasteiger partial charge in [0.1, 0.15) is 6.54 Å². The van der Waals surface area contributed by atoms with E-state index in [-0.39, 0.29) is 11.4 Å². The van der Waals surface area contributed by atoms with Gasteiger partial charge in [0.15, 0.2) is 0 Å². The molecule has 1 aromatic carbocycles. The first-order valence-corrected chi connectivity index (χ1v) is 6.88. The number of carbonyl (C=O) groups is 1. The van der Waals surface area contributed by atoms with Crippen LogP contribution < -0.4 is 9.62 Å². The Morgan fingerprint density at radius 2 is 1.89 bits per heavy atom. The number of rotatable bonds is 6. The molecule has 1 rings (SSSR count). The molecule has 0 saturated heterocycles. The zero-order chi connectivity index (χ0) is 13.8. The van der Waals surface area contributed by atoms with Crippen LogP contribution >= 0.6 is 0 Å². The molecule has 18 heavy (non-hydrogen) atoms. The van der Waals surface area contributed by atoms with Gasteiger partial charge in [0, 0.05) is 19.3 Å². The van der Waals surface area contributed by atoms with Gasteiger partial charge in [0.25, 0.3) is 0 Å². The largest absolute Gasteiger partial charge is 0.480 e. The molecule has 0 spiro atoms. The van der Waals surface area contributed by atoms with Crippen LogP contribution in [-0.2, 0) is 14.8 Å². The van der Waals surface area contributed by atoms with Crippen molar-refractivity contribution in [2.24, 2.45) is 0 Å². The zero-order valence-electron chi connectivity index (χ0n) is 10.3. The summed E-state index contributed by atoms with van der Waals surface area (Å²) >= 11 is 0. The fourth-order valence-electron chi connectivity index (χ4n) is 1.45. The Bertz CT molecular complexity index is 510. The number of benzene rings is 1. The van der Waals surface area contributed by atoms with Crippen LogP contribution in [0.25, 0.3) is 0 Å². The van der Waals surface area contributed by atoms with Crippen molar-refractivity contribution in [2.45, 2.75) is 11.8 Å². The number of hydrogen-bond donors (Lipinski definition) is 2. The Labute approximate surface area is 106 Å². The number of nitrogens with one attached hydrogen (secondary N) is 1. The summed E-state index contributed by atoms with van der Waals surface area (Å²) in [4.78, 5) is 12.2. The van der Waals surface area contributed by atoms with Gasteiger partial charge >= 0.3 is 5.97 Å². The molecule has 1 aromatic rings. The minimum Gasteiger partial charge on any atom is -0.480 e. The highest BCUT2D eigenvalue weighted by Crippen LogP contribution is 2.16. The Balaban J connectivity index is 2.89. The Morgan fingerprint density at radius 3 is 2.33 bits per heavy atom. The average molecular weight is 272 g/mol. The van der Waals surface area contributed by atoms with Gasteiger partial charge in [-0.2, -0.15) is 0 Å². The third-order valence-corrected chi connectivity index (χ3v) is 3.86. The predicted molar refractivity (Wildman–Crippen MR) is 68.2 cm³/mol. The average Bonchev–Trinajstić information content (AvgIpc) is 2.28. The standard InChI is InChI=1S/C11H16N2O4S/c1-3-12-18(16,17)10-6-4-9(5-7-10)13(2)8-11(14)15/h4-7,12H,3,8H2,1-2H3,(H,14,15). The van der Waals surface area contributed by atoms with Crippen LogP contribution in [-0.4, -0.2) is 39.6 Å². The molecule has 7 heteroatoms. The number of carboxylic acids is 1. The second kappa shape index (κ2) is 5.83. The summed E-state index contributed by atoms with van der Waals surface area (Å²) in [6, 6.07) is 6.05. The first kappa shape index (κ1) is 14.5. The van der Waals surface area contributed by atoms with E-state index in [2.05, 4.69) is 4.72 Å². The number of nitrogens with zero attached hydrogens (tertiary/aromatic N) is 1. The van der Waals surface area contributed by atoms with Crippen molar-refractivity contribution in [3.8, 4) is 0 Å². The van der Waals surface area contributed by atoms with Crippen LogP contribution in [0.1, 0.15) is 6.92 Å². The van der Waals surface area contributed by atoms with Crippen LogP contribution in [0, 0.1) is 0 Å². The van der Waals surface area contributed by atoms with Gasteiger partial charge in [-0.15, -0.1) is 0 Å². The van der Waals surface area contributed by atoms with E-state index in [1.807, 2.05) is 0 Å². The van der Waals surface area contributed by atoms with Gasteiger partial charge < -0.3 is 10.0 Å². The zero-order valence-corrected chi connectivity index (χ0v) is 11.1. The van der Waals surface area contributed by atoms with Crippen LogP contribution in [0.15, 0.2) is 29.2 Å². The Morgan fingerprint density at radius 1 is 1.33 bits per heavy atom. The Hall–Kier alpha value is -1.60. The summed E-state index contributed by atoms with van der Waals surface area (Å²) in [6.45, 7) is 1.88. The molecule has 0 heterocycles. The molecular formula is C11H16N2O4S. The third-order valence-electron chi connectivity index (χ3n) is 2.29. The van der Waals surface area contributed by atoms with E-state index >= 15 is 0 Å². The van der Waals surface area contributed by atoms with Crippen molar-refractivity contribution in [3.05, 3.63) is 24.3 Å². The highest BCUT2D eigenvalue weighted by Gasteiger charge is 2.13. The highest BCUT2D eigenvalue weighted by atomic mass is 32.2. The van der Waals surface area contributed by atoms with E-state index in [1.54, 1.807) is 26.1 Å². The molecule has 0 radical (unpaired) electrons. The van der Waals surface area contributed by atoms with Crippen molar-refractivity contribution >= 4 is 21.7 Å². The van der Waals surface area contributed by atoms with E-state index in [1.165, 1.54) is 17.0 Å². The monoisotopic (exact) mass is 272 g/mol. The molecule has 0 aliphatic carbocycles. The first-order chi connectivity index (χ1) is 8.36. The fraction of sp³-hybridized carbons (Fsp3) is 0.364. The van der Waals surface area contributed by atoms with Crippen LogP contribution in [0.5, 0.6) is 0 Å². The van der Waals surface area contributed by atoms with Gasteiger partial charge in [-0.3, -0.25) is 4.79 Å². The lowest BCUT2D eigenvalue weighted by molar-refractivity contribution is -0.135. The molecule has 6 nitrogen and oxygen atoms in total. The van der Waals surface area contributed by atoms with Crippen LogP contribution in [0.2, 0.25) is 0 Å². The molecule has 0 aromatic heterocycles. The van der Waals surface area contributed by atoms with Crippen molar-refractivity contribution in [2.75, 3.05) is 25.0 Å². The third kappa shape index (κ3) is 3.71. The SMILES string of the molecule is CCNS(=O)(=O)c1ccc(N(C)CC(=O)O)cc1. The number of anilines is 1. The summed E-state index contributed by atoms with van der Waals surface area (Å²) < 4.78 is 25.7. The maximum Gasteiger partial charge on any atom is 0.323 e. The normalized spacial score (nSPS) is 11.2. The lowest BCUT2D eigenvalue weighted by atomic mass is 10.3. The minimum absolute atomic E-state index is 0.140. The smallest absolute Gasteiger partial charge is 0.323 e. The topological polar surface area (TPSA) is 86.7 Å². The fourth-order valence-corrected chi connectivity index (χ4v) is 2.49. The number of hydrogen-bond acceptors (Lipinski definition) is 4. The van der Waals surface area contributed by atoms with Gasteiger partial charge in [0.2, 0.25) is 10.0 Å². The summed E-state index contributed by atoms with van der Waals surface area (Å²) in [6.07, 6.45) is 0. The van der Waals surface area contributed by atoms with Crippen LogP contribution in [0.3, 0.4) is 0 Å². The van der Waals surface area contributed by atoms with E-state index in [9.17, 15) is 13.2 Å². The number of likely N-dealkylation sites (N-methyl/N-ethyl adjacent to an activating group) is 1. The highest BCUT2D eigenvalue weighted by molar-refractivity contribution is 7.89. The minimum atomic E-state index is -3.46. The van der Waals surface area contributed by atoms with E-state index in [0.717, 1.165) is 0 Å². The van der Waals surface area contributed by atoms with Crippen LogP contribution in [0.4, 0.5) is 5.69 Å². The predicted octanol–water partition coefficient (Wildman–Crippen LogP) is 0.506. The molecule has 2 N–H and O–H groups in total. The second-order valence-corrected chi connectivity index (χ2v) is 5.51. The quantitative estimate of drug-likeness (QED) is 0.787. The molecule has 0 amide bonds. The summed E-state index contributed by atoms with van der Waals surface area (Å²) in [5.41, 5.74) is 0.646. The molecule has 100 valence electrons. The number of sulfonamides is 1.